The van der Waals surface area contributed by atoms with Crippen LogP contribution >= 0.6 is 11.6 Å². The summed E-state index contributed by atoms with van der Waals surface area (Å²) in [4.78, 5) is 45.7. The molecule has 0 unspecified atom stereocenters. The highest BCUT2D eigenvalue weighted by molar-refractivity contribution is 6.66. The van der Waals surface area contributed by atoms with E-state index in [-0.39, 0.29) is 0 Å². The number of carbonyl (C=O) groups excluding carboxylic acids is 4. The predicted molar refractivity (Wildman–Crippen MR) is 87.0 cm³/mol. The van der Waals surface area contributed by atoms with Crippen LogP contribution in [0.15, 0.2) is 5.16 Å². The maximum absolute atomic E-state index is 11.6. The molecule has 0 amide bonds. The summed E-state index contributed by atoms with van der Waals surface area (Å²) in [5.74, 6) is -2.97. The number of esters is 4. The molecule has 5 atom stereocenters. The molecule has 0 radical (unpaired) electrons. The van der Waals surface area contributed by atoms with Gasteiger partial charge in [-0.3, -0.25) is 19.2 Å². The van der Waals surface area contributed by atoms with Crippen LogP contribution in [0.3, 0.4) is 0 Å². The number of rotatable bonds is 6. The monoisotopic (exact) mass is 409 g/mol. The van der Waals surface area contributed by atoms with Crippen molar-refractivity contribution >= 4 is 40.6 Å². The van der Waals surface area contributed by atoms with Crippen LogP contribution in [0.1, 0.15) is 27.7 Å². The van der Waals surface area contributed by atoms with E-state index in [9.17, 15) is 19.2 Å². The zero-order valence-electron chi connectivity index (χ0n) is 15.0. The standard InChI is InChI=1S/C15H20ClNO10/c1-6(18)23-5-10-11(24-7(2)19)12(25-8(3)20)13(26-9(4)21)14(27-10)15(16)17-22/h10-14,22H,5H2,1-4H3/b17-15+/t10-,11-,12+,13-,14-/m1/s1. The molecule has 1 N–H and O–H groups in total. The van der Waals surface area contributed by atoms with E-state index >= 15 is 0 Å². The fraction of sp³-hybridized carbons (Fsp3) is 0.667. The number of oxime groups is 1. The van der Waals surface area contributed by atoms with E-state index in [4.69, 9.17) is 40.5 Å². The maximum Gasteiger partial charge on any atom is 0.303 e. The summed E-state index contributed by atoms with van der Waals surface area (Å²) in [6, 6.07) is 0. The highest BCUT2D eigenvalue weighted by Crippen LogP contribution is 2.30. The Morgan fingerprint density at radius 1 is 0.889 bits per heavy atom. The van der Waals surface area contributed by atoms with E-state index in [1.165, 1.54) is 0 Å². The first-order valence-electron chi connectivity index (χ1n) is 7.74. The van der Waals surface area contributed by atoms with Gasteiger partial charge in [0.05, 0.1) is 0 Å². The molecule has 0 spiro atoms. The van der Waals surface area contributed by atoms with Gasteiger partial charge in [-0.05, 0) is 0 Å². The lowest BCUT2D eigenvalue weighted by atomic mass is 9.94. The van der Waals surface area contributed by atoms with Crippen molar-refractivity contribution in [2.45, 2.75) is 58.2 Å². The van der Waals surface area contributed by atoms with Crippen molar-refractivity contribution in [1.29, 1.82) is 0 Å². The van der Waals surface area contributed by atoms with Gasteiger partial charge in [0.15, 0.2) is 29.6 Å². The van der Waals surface area contributed by atoms with Crippen molar-refractivity contribution < 1.29 is 48.1 Å². The van der Waals surface area contributed by atoms with Crippen molar-refractivity contribution in [3.8, 4) is 0 Å². The first-order chi connectivity index (χ1) is 12.6. The second kappa shape index (κ2) is 10.1. The van der Waals surface area contributed by atoms with Gasteiger partial charge >= 0.3 is 23.9 Å². The van der Waals surface area contributed by atoms with E-state index < -0.39 is 66.2 Å². The summed E-state index contributed by atoms with van der Waals surface area (Å²) in [6.07, 6.45) is -6.60. The van der Waals surface area contributed by atoms with E-state index in [0.29, 0.717) is 0 Å². The van der Waals surface area contributed by atoms with E-state index in [2.05, 4.69) is 5.16 Å². The second-order valence-electron chi connectivity index (χ2n) is 5.54. The predicted octanol–water partition coefficient (Wildman–Crippen LogP) is 0.138. The zero-order valence-corrected chi connectivity index (χ0v) is 15.8. The fourth-order valence-electron chi connectivity index (χ4n) is 2.48. The van der Waals surface area contributed by atoms with Gasteiger partial charge in [-0.15, -0.1) is 0 Å². The first kappa shape index (κ1) is 22.6. The van der Waals surface area contributed by atoms with E-state index in [0.717, 1.165) is 27.7 Å². The minimum absolute atomic E-state index is 0.399. The molecule has 0 aromatic heterocycles. The number of hydrogen-bond acceptors (Lipinski definition) is 11. The lowest BCUT2D eigenvalue weighted by Gasteiger charge is -2.43. The van der Waals surface area contributed by atoms with Gasteiger partial charge in [0, 0.05) is 27.7 Å². The van der Waals surface area contributed by atoms with Gasteiger partial charge in [-0.2, -0.15) is 0 Å². The van der Waals surface area contributed by atoms with Gasteiger partial charge in [0.2, 0.25) is 0 Å². The van der Waals surface area contributed by atoms with Gasteiger partial charge in [-0.1, -0.05) is 16.8 Å². The van der Waals surface area contributed by atoms with Crippen molar-refractivity contribution in [3.05, 3.63) is 0 Å². The summed E-state index contributed by atoms with van der Waals surface area (Å²) in [5.41, 5.74) is 0. The average Bonchev–Trinajstić information content (AvgIpc) is 2.54. The number of nitrogens with zero attached hydrogens (tertiary/aromatic N) is 1. The molecule has 1 fully saturated rings. The van der Waals surface area contributed by atoms with Crippen LogP contribution < -0.4 is 0 Å². The van der Waals surface area contributed by atoms with Crippen molar-refractivity contribution in [1.82, 2.24) is 0 Å². The van der Waals surface area contributed by atoms with Crippen molar-refractivity contribution in [3.63, 3.8) is 0 Å². The van der Waals surface area contributed by atoms with Crippen molar-refractivity contribution in [2.75, 3.05) is 6.61 Å². The molecular formula is C15H20ClNO10. The normalized spacial score (nSPS) is 28.0. The highest BCUT2D eigenvalue weighted by Gasteiger charge is 2.53. The molecule has 0 saturated carbocycles. The molecule has 11 nitrogen and oxygen atoms in total. The highest BCUT2D eigenvalue weighted by atomic mass is 35.5. The van der Waals surface area contributed by atoms with Crippen LogP contribution in [0.4, 0.5) is 0 Å². The zero-order chi connectivity index (χ0) is 20.7. The van der Waals surface area contributed by atoms with E-state index in [1.807, 2.05) is 0 Å². The topological polar surface area (TPSA) is 147 Å². The molecule has 0 aliphatic carbocycles. The largest absolute Gasteiger partial charge is 0.463 e. The Labute approximate surface area is 159 Å². The number of halogens is 1. The van der Waals surface area contributed by atoms with Crippen molar-refractivity contribution in [2.24, 2.45) is 5.16 Å². The lowest BCUT2D eigenvalue weighted by Crippen LogP contribution is -2.63. The van der Waals surface area contributed by atoms with Crippen LogP contribution in [0.25, 0.3) is 0 Å². The fourth-order valence-corrected chi connectivity index (χ4v) is 2.65. The van der Waals surface area contributed by atoms with Crippen LogP contribution in [0.2, 0.25) is 0 Å². The molecule has 1 rings (SSSR count). The molecule has 0 aromatic carbocycles. The van der Waals surface area contributed by atoms with Crippen LogP contribution in [-0.2, 0) is 42.9 Å². The van der Waals surface area contributed by atoms with Gasteiger partial charge in [-0.25, -0.2) is 0 Å². The third-order valence-electron chi connectivity index (χ3n) is 3.32. The third-order valence-corrected chi connectivity index (χ3v) is 3.61. The van der Waals surface area contributed by atoms with Gasteiger partial charge < -0.3 is 28.9 Å². The Kier molecular flexibility index (Phi) is 8.44. The number of hydrogen-bond donors (Lipinski definition) is 1. The molecule has 1 aliphatic heterocycles. The summed E-state index contributed by atoms with van der Waals surface area (Å²) < 4.78 is 25.9. The Balaban J connectivity index is 3.36. The lowest BCUT2D eigenvalue weighted by molar-refractivity contribution is -0.241. The second-order valence-corrected chi connectivity index (χ2v) is 5.93. The molecule has 12 heteroatoms. The summed E-state index contributed by atoms with van der Waals surface area (Å²) in [7, 11) is 0. The first-order valence-corrected chi connectivity index (χ1v) is 8.12. The van der Waals surface area contributed by atoms with Crippen LogP contribution in [0, 0.1) is 0 Å². The Hall–Kier alpha value is -2.40. The van der Waals surface area contributed by atoms with Crippen LogP contribution in [-0.4, -0.2) is 71.4 Å². The maximum atomic E-state index is 11.6. The number of carbonyl (C=O) groups is 4. The molecule has 27 heavy (non-hydrogen) atoms. The summed E-state index contributed by atoms with van der Waals surface area (Å²) >= 11 is 5.83. The molecule has 1 saturated heterocycles. The molecular weight excluding hydrogens is 390 g/mol. The summed E-state index contributed by atoms with van der Waals surface area (Å²) in [5, 5.41) is 11.3. The molecule has 0 bridgehead atoms. The SMILES string of the molecule is CC(=O)OC[C@H]1O[C@@H](/C(Cl)=N\O)[C@H](OC(C)=O)[C@@H](OC(C)=O)[C@@H]1OC(C)=O. The van der Waals surface area contributed by atoms with Gasteiger partial charge in [0.25, 0.3) is 0 Å². The molecule has 1 aliphatic rings. The van der Waals surface area contributed by atoms with E-state index in [1.54, 1.807) is 0 Å². The minimum Gasteiger partial charge on any atom is -0.463 e. The quantitative estimate of drug-likeness (QED) is 0.211. The molecule has 152 valence electrons. The third kappa shape index (κ3) is 6.68. The van der Waals surface area contributed by atoms with Crippen LogP contribution in [0.5, 0.6) is 0 Å². The minimum atomic E-state index is -1.40. The average molecular weight is 410 g/mol. The number of ether oxygens (including phenoxy) is 5. The summed E-state index contributed by atoms with van der Waals surface area (Å²) in [6.45, 7) is 4.02. The van der Waals surface area contributed by atoms with Gasteiger partial charge in [0.1, 0.15) is 12.7 Å². The Bertz CT molecular complexity index is 622. The molecule has 0 aromatic rings. The molecule has 1 heterocycles. The Morgan fingerprint density at radius 3 is 1.81 bits per heavy atom. The Morgan fingerprint density at radius 2 is 1.37 bits per heavy atom. The smallest absolute Gasteiger partial charge is 0.303 e.